The molecule has 1 aliphatic rings. The molecule has 2 heterocycles. The predicted octanol–water partition coefficient (Wildman–Crippen LogP) is 3.29. The van der Waals surface area contributed by atoms with Crippen molar-refractivity contribution in [2.24, 2.45) is 0 Å². The van der Waals surface area contributed by atoms with Crippen molar-refractivity contribution >= 4 is 44.3 Å². The highest BCUT2D eigenvalue weighted by molar-refractivity contribution is 7.22. The number of benzene rings is 1. The van der Waals surface area contributed by atoms with E-state index in [4.69, 9.17) is 0 Å². The van der Waals surface area contributed by atoms with E-state index in [0.717, 1.165) is 55.7 Å². The second kappa shape index (κ2) is 12.9. The highest BCUT2D eigenvalue weighted by Crippen LogP contribution is 2.25. The van der Waals surface area contributed by atoms with Crippen LogP contribution < -0.4 is 10.6 Å². The van der Waals surface area contributed by atoms with Crippen LogP contribution in [0.3, 0.4) is 0 Å². The Morgan fingerprint density at radius 2 is 1.79 bits per heavy atom. The van der Waals surface area contributed by atoms with Crippen molar-refractivity contribution in [3.05, 3.63) is 24.3 Å². The number of nitrogens with zero attached hydrogens (tertiary/aromatic N) is 3. The molecule has 0 spiro atoms. The Bertz CT molecular complexity index is 935. The number of Topliss-reactive ketones (excluding diaryl/α,β-unsaturated/α-hetero) is 1. The number of anilines is 1. The number of para-hydroxylation sites is 1. The first-order chi connectivity index (χ1) is 16.3. The molecule has 2 N–H and O–H groups in total. The van der Waals surface area contributed by atoms with Gasteiger partial charge in [0.15, 0.2) is 5.13 Å². The molecule has 186 valence electrons. The molecule has 2 amide bonds. The van der Waals surface area contributed by atoms with Crippen LogP contribution in [0.1, 0.15) is 52.9 Å². The van der Waals surface area contributed by atoms with Gasteiger partial charge in [0.05, 0.1) is 16.8 Å². The number of carbonyl (C=O) groups excluding carboxylic acids is 3. The quantitative estimate of drug-likeness (QED) is 0.446. The second-order valence-corrected chi connectivity index (χ2v) is 10.3. The van der Waals surface area contributed by atoms with E-state index in [-0.39, 0.29) is 17.6 Å². The van der Waals surface area contributed by atoms with Gasteiger partial charge in [0.25, 0.3) is 0 Å². The van der Waals surface area contributed by atoms with E-state index in [1.54, 1.807) is 6.92 Å². The summed E-state index contributed by atoms with van der Waals surface area (Å²) < 4.78 is 1.00. The van der Waals surface area contributed by atoms with Crippen LogP contribution in [0.4, 0.5) is 5.13 Å². The number of aromatic nitrogens is 1. The Morgan fingerprint density at radius 1 is 1.06 bits per heavy atom. The molecular weight excluding hydrogens is 450 g/mol. The zero-order valence-corrected chi connectivity index (χ0v) is 21.3. The summed E-state index contributed by atoms with van der Waals surface area (Å²) in [6.07, 6.45) is 3.49. The van der Waals surface area contributed by atoms with Gasteiger partial charge in [0, 0.05) is 38.6 Å². The molecule has 0 bridgehead atoms. The molecule has 1 fully saturated rings. The van der Waals surface area contributed by atoms with Crippen molar-refractivity contribution in [2.45, 2.75) is 65.0 Å². The first-order valence-corrected chi connectivity index (χ1v) is 13.0. The Kier molecular flexibility index (Phi) is 9.98. The summed E-state index contributed by atoms with van der Waals surface area (Å²) in [4.78, 5) is 46.1. The first kappa shape index (κ1) is 26.2. The van der Waals surface area contributed by atoms with E-state index < -0.39 is 6.04 Å². The predicted molar refractivity (Wildman–Crippen MR) is 137 cm³/mol. The lowest BCUT2D eigenvalue weighted by Crippen LogP contribution is -2.53. The van der Waals surface area contributed by atoms with Crippen molar-refractivity contribution in [2.75, 3.05) is 38.0 Å². The topological polar surface area (TPSA) is 94.6 Å². The normalized spacial score (nSPS) is 16.0. The summed E-state index contributed by atoms with van der Waals surface area (Å²) in [5.41, 5.74) is 0.841. The van der Waals surface area contributed by atoms with Crippen molar-refractivity contribution < 1.29 is 14.4 Å². The van der Waals surface area contributed by atoms with Crippen LogP contribution in [-0.2, 0) is 14.4 Å². The van der Waals surface area contributed by atoms with Crippen LogP contribution in [0.15, 0.2) is 24.3 Å². The maximum absolute atomic E-state index is 13.1. The van der Waals surface area contributed by atoms with Crippen LogP contribution in [0, 0.1) is 0 Å². The zero-order chi connectivity index (χ0) is 24.5. The first-order valence-electron chi connectivity index (χ1n) is 12.2. The van der Waals surface area contributed by atoms with E-state index in [1.165, 1.54) is 11.3 Å². The van der Waals surface area contributed by atoms with E-state index in [0.29, 0.717) is 30.6 Å². The van der Waals surface area contributed by atoms with Gasteiger partial charge in [-0.05, 0) is 45.7 Å². The summed E-state index contributed by atoms with van der Waals surface area (Å²) in [6.45, 7) is 9.85. The second-order valence-electron chi connectivity index (χ2n) is 9.30. The summed E-state index contributed by atoms with van der Waals surface area (Å²) in [5.74, 6) is -0.203. The van der Waals surface area contributed by atoms with Gasteiger partial charge in [-0.3, -0.25) is 19.4 Å². The summed E-state index contributed by atoms with van der Waals surface area (Å²) >= 11 is 1.42. The number of fused-ring (bicyclic) bond motifs is 1. The summed E-state index contributed by atoms with van der Waals surface area (Å²) in [5, 5.41) is 6.39. The van der Waals surface area contributed by atoms with Crippen molar-refractivity contribution in [3.8, 4) is 0 Å². The molecule has 1 atom stereocenters. The third-order valence-electron chi connectivity index (χ3n) is 6.20. The van der Waals surface area contributed by atoms with Crippen LogP contribution in [-0.4, -0.2) is 77.2 Å². The molecule has 9 heteroatoms. The fourth-order valence-electron chi connectivity index (χ4n) is 4.17. The summed E-state index contributed by atoms with van der Waals surface area (Å²) in [7, 11) is 0. The molecule has 1 aromatic heterocycles. The minimum absolute atomic E-state index is 0.133. The average molecular weight is 488 g/mol. The summed E-state index contributed by atoms with van der Waals surface area (Å²) in [6, 6.07) is 7.61. The van der Waals surface area contributed by atoms with Gasteiger partial charge in [-0.25, -0.2) is 4.98 Å². The number of rotatable bonds is 12. The molecule has 3 rings (SSSR count). The third-order valence-corrected chi connectivity index (χ3v) is 7.15. The van der Waals surface area contributed by atoms with E-state index in [9.17, 15) is 14.4 Å². The molecule has 8 nitrogen and oxygen atoms in total. The van der Waals surface area contributed by atoms with Gasteiger partial charge < -0.3 is 15.4 Å². The number of ketones is 1. The van der Waals surface area contributed by atoms with Crippen LogP contribution in [0.5, 0.6) is 0 Å². The number of unbranched alkanes of at least 4 members (excludes halogenated alkanes) is 2. The number of amides is 2. The van der Waals surface area contributed by atoms with Gasteiger partial charge in [0.1, 0.15) is 11.8 Å². The fraction of sp³-hybridized carbons (Fsp3) is 0.600. The molecule has 1 aromatic carbocycles. The average Bonchev–Trinajstić information content (AvgIpc) is 3.20. The van der Waals surface area contributed by atoms with E-state index >= 15 is 0 Å². The lowest BCUT2D eigenvalue weighted by molar-refractivity contribution is -0.127. The van der Waals surface area contributed by atoms with E-state index in [2.05, 4.69) is 39.3 Å². The minimum atomic E-state index is -0.631. The zero-order valence-electron chi connectivity index (χ0n) is 20.5. The monoisotopic (exact) mass is 487 g/mol. The minimum Gasteiger partial charge on any atom is -0.343 e. The lowest BCUT2D eigenvalue weighted by Gasteiger charge is -2.36. The number of nitrogens with one attached hydrogen (secondary N) is 2. The van der Waals surface area contributed by atoms with E-state index in [1.807, 2.05) is 24.3 Å². The number of carbonyl (C=O) groups is 3. The Labute approximate surface area is 206 Å². The molecule has 1 unspecified atom stereocenters. The van der Waals surface area contributed by atoms with Crippen LogP contribution >= 0.6 is 11.3 Å². The highest BCUT2D eigenvalue weighted by Gasteiger charge is 2.25. The Hall–Kier alpha value is -2.36. The maximum Gasteiger partial charge on any atom is 0.248 e. The lowest BCUT2D eigenvalue weighted by atomic mass is 10.1. The molecule has 0 radical (unpaired) electrons. The van der Waals surface area contributed by atoms with Gasteiger partial charge in [-0.2, -0.15) is 0 Å². The van der Waals surface area contributed by atoms with Gasteiger partial charge in [0.2, 0.25) is 11.8 Å². The highest BCUT2D eigenvalue weighted by atomic mass is 32.1. The molecule has 1 saturated heterocycles. The molecule has 0 saturated carbocycles. The SMILES string of the molecule is CC(=O)CCCCCC(NC(=O)CN1CCN(C(C)C)CC1)C(=O)Nc1nc2ccccc2s1. The van der Waals surface area contributed by atoms with Crippen LogP contribution in [0.2, 0.25) is 0 Å². The molecule has 34 heavy (non-hydrogen) atoms. The van der Waals surface area contributed by atoms with Crippen molar-refractivity contribution in [1.29, 1.82) is 0 Å². The number of piperazine rings is 1. The largest absolute Gasteiger partial charge is 0.343 e. The number of thiazole rings is 1. The Balaban J connectivity index is 1.56. The van der Waals surface area contributed by atoms with Crippen molar-refractivity contribution in [1.82, 2.24) is 20.1 Å². The number of hydrogen-bond donors (Lipinski definition) is 2. The van der Waals surface area contributed by atoms with Crippen LogP contribution in [0.25, 0.3) is 10.2 Å². The molecular formula is C25H37N5O3S. The van der Waals surface area contributed by atoms with Gasteiger partial charge in [-0.1, -0.05) is 36.3 Å². The van der Waals surface area contributed by atoms with Gasteiger partial charge >= 0.3 is 0 Å². The molecule has 1 aliphatic heterocycles. The standard InChI is InChI=1S/C25H37N5O3S/c1-18(2)30-15-13-29(14-16-30)17-23(32)26-21(11-6-4-5-9-19(3)31)24(33)28-25-27-20-10-7-8-12-22(20)34-25/h7-8,10,12,18,21H,4-6,9,11,13-17H2,1-3H3,(H,26,32)(H,27,28,33). The molecule has 0 aliphatic carbocycles. The Morgan fingerprint density at radius 3 is 2.47 bits per heavy atom. The fourth-order valence-corrected chi connectivity index (χ4v) is 5.04. The third kappa shape index (κ3) is 8.14. The van der Waals surface area contributed by atoms with Crippen molar-refractivity contribution in [3.63, 3.8) is 0 Å². The smallest absolute Gasteiger partial charge is 0.248 e. The number of hydrogen-bond acceptors (Lipinski definition) is 7. The van der Waals surface area contributed by atoms with Gasteiger partial charge in [-0.15, -0.1) is 0 Å². The maximum atomic E-state index is 13.1. The molecule has 2 aromatic rings.